The molecule has 1 atom stereocenters. The van der Waals surface area contributed by atoms with E-state index in [0.717, 1.165) is 25.9 Å². The van der Waals surface area contributed by atoms with Crippen molar-refractivity contribution in [2.24, 2.45) is 0 Å². The van der Waals surface area contributed by atoms with Crippen LogP contribution in [-0.4, -0.2) is 46.5 Å². The lowest BCUT2D eigenvalue weighted by Crippen LogP contribution is -2.31. The van der Waals surface area contributed by atoms with Crippen LogP contribution >= 0.6 is 0 Å². The van der Waals surface area contributed by atoms with E-state index in [1.54, 1.807) is 6.92 Å². The normalized spacial score (nSPS) is 17.9. The van der Waals surface area contributed by atoms with Crippen LogP contribution in [0.4, 0.5) is 0 Å². The predicted octanol–water partition coefficient (Wildman–Crippen LogP) is 2.42. The van der Waals surface area contributed by atoms with E-state index in [4.69, 9.17) is 4.52 Å². The number of carbonyl (C=O) groups is 1. The van der Waals surface area contributed by atoms with Gasteiger partial charge in [-0.05, 0) is 44.6 Å². The molecule has 6 heteroatoms. The Kier molecular flexibility index (Phi) is 4.43. The van der Waals surface area contributed by atoms with Crippen LogP contribution in [0.3, 0.4) is 0 Å². The number of nitrogens with zero attached hydrogens (tertiary/aromatic N) is 4. The van der Waals surface area contributed by atoms with Crippen molar-refractivity contribution in [1.82, 2.24) is 19.9 Å². The first-order valence-electron chi connectivity index (χ1n) is 7.89. The lowest BCUT2D eigenvalue weighted by molar-refractivity contribution is 0.0728. The lowest BCUT2D eigenvalue weighted by Gasteiger charge is -2.22. The minimum absolute atomic E-state index is 0.0337. The van der Waals surface area contributed by atoms with Gasteiger partial charge in [-0.1, -0.05) is 17.3 Å². The molecule has 1 fully saturated rings. The van der Waals surface area contributed by atoms with Crippen LogP contribution in [0, 0.1) is 6.92 Å². The van der Waals surface area contributed by atoms with E-state index < -0.39 is 0 Å². The number of aryl methyl sites for hydroxylation is 1. The van der Waals surface area contributed by atoms with E-state index in [1.807, 2.05) is 43.3 Å². The van der Waals surface area contributed by atoms with E-state index in [-0.39, 0.29) is 11.9 Å². The summed E-state index contributed by atoms with van der Waals surface area (Å²) < 4.78 is 5.06. The monoisotopic (exact) mass is 314 g/mol. The largest absolute Gasteiger partial charge is 0.340 e. The first-order valence-corrected chi connectivity index (χ1v) is 7.89. The van der Waals surface area contributed by atoms with Gasteiger partial charge in [0.05, 0.1) is 6.04 Å². The summed E-state index contributed by atoms with van der Waals surface area (Å²) in [4.78, 5) is 21.0. The zero-order valence-corrected chi connectivity index (χ0v) is 13.8. The summed E-state index contributed by atoms with van der Waals surface area (Å²) in [5.41, 5.74) is 1.90. The average molecular weight is 314 g/mol. The van der Waals surface area contributed by atoms with Gasteiger partial charge in [0.15, 0.2) is 5.82 Å². The van der Waals surface area contributed by atoms with Crippen LogP contribution in [0.2, 0.25) is 0 Å². The van der Waals surface area contributed by atoms with Crippen LogP contribution < -0.4 is 0 Å². The number of benzene rings is 1. The first-order chi connectivity index (χ1) is 11.0. The highest BCUT2D eigenvalue weighted by Gasteiger charge is 2.33. The standard InChI is InChI=1S/C17H22N4O2/c1-12-18-16(19-23-12)15-5-4-10-21(15)17(22)14-8-6-13(7-9-14)11-20(2)3/h6-9,15H,4-5,10-11H2,1-3H3/t15-/m0/s1. The summed E-state index contributed by atoms with van der Waals surface area (Å²) >= 11 is 0. The molecule has 2 heterocycles. The maximum Gasteiger partial charge on any atom is 0.254 e. The Morgan fingerprint density at radius 1 is 1.35 bits per heavy atom. The van der Waals surface area contributed by atoms with Crippen LogP contribution in [0.1, 0.15) is 46.5 Å². The molecular formula is C17H22N4O2. The first kappa shape index (κ1) is 15.7. The Morgan fingerprint density at radius 3 is 2.70 bits per heavy atom. The Bertz CT molecular complexity index is 678. The molecule has 0 spiro atoms. The van der Waals surface area contributed by atoms with Crippen LogP contribution in [0.15, 0.2) is 28.8 Å². The van der Waals surface area contributed by atoms with E-state index in [9.17, 15) is 4.79 Å². The number of likely N-dealkylation sites (tertiary alicyclic amines) is 1. The van der Waals surface area contributed by atoms with Crippen molar-refractivity contribution in [1.29, 1.82) is 0 Å². The summed E-state index contributed by atoms with van der Waals surface area (Å²) in [6.45, 7) is 3.36. The Hall–Kier alpha value is -2.21. The molecule has 3 rings (SSSR count). The fourth-order valence-electron chi connectivity index (χ4n) is 3.01. The van der Waals surface area contributed by atoms with Crippen LogP contribution in [0.5, 0.6) is 0 Å². The van der Waals surface area contributed by atoms with Gasteiger partial charge >= 0.3 is 0 Å². The summed E-state index contributed by atoms with van der Waals surface area (Å²) in [6.07, 6.45) is 1.84. The maximum absolute atomic E-state index is 12.8. The number of aromatic nitrogens is 2. The smallest absolute Gasteiger partial charge is 0.254 e. The zero-order valence-electron chi connectivity index (χ0n) is 13.8. The van der Waals surface area contributed by atoms with Gasteiger partial charge in [0.25, 0.3) is 5.91 Å². The Labute approximate surface area is 136 Å². The molecule has 1 aromatic carbocycles. The summed E-state index contributed by atoms with van der Waals surface area (Å²) in [7, 11) is 4.06. The molecule has 1 amide bonds. The van der Waals surface area contributed by atoms with Gasteiger partial charge in [-0.3, -0.25) is 4.79 Å². The minimum atomic E-state index is -0.0820. The van der Waals surface area contributed by atoms with Gasteiger partial charge in [-0.2, -0.15) is 4.98 Å². The zero-order chi connectivity index (χ0) is 16.4. The molecule has 0 radical (unpaired) electrons. The number of hydrogen-bond acceptors (Lipinski definition) is 5. The summed E-state index contributed by atoms with van der Waals surface area (Å²) in [5, 5.41) is 3.99. The van der Waals surface area contributed by atoms with Crippen molar-refractivity contribution in [3.63, 3.8) is 0 Å². The highest BCUT2D eigenvalue weighted by atomic mass is 16.5. The van der Waals surface area contributed by atoms with Crippen molar-refractivity contribution < 1.29 is 9.32 Å². The highest BCUT2D eigenvalue weighted by molar-refractivity contribution is 5.94. The Balaban J connectivity index is 1.76. The molecule has 122 valence electrons. The fraction of sp³-hybridized carbons (Fsp3) is 0.471. The van der Waals surface area contributed by atoms with Gasteiger partial charge in [0, 0.05) is 25.6 Å². The number of amides is 1. The Morgan fingerprint density at radius 2 is 2.09 bits per heavy atom. The molecular weight excluding hydrogens is 292 g/mol. The number of carbonyl (C=O) groups excluding carboxylic acids is 1. The molecule has 1 saturated heterocycles. The topological polar surface area (TPSA) is 62.5 Å². The van der Waals surface area contributed by atoms with Crippen LogP contribution in [0.25, 0.3) is 0 Å². The van der Waals surface area contributed by atoms with E-state index >= 15 is 0 Å². The molecule has 0 bridgehead atoms. The average Bonchev–Trinajstić information content (AvgIpc) is 3.15. The minimum Gasteiger partial charge on any atom is -0.340 e. The molecule has 1 aliphatic rings. The second kappa shape index (κ2) is 6.50. The van der Waals surface area contributed by atoms with E-state index in [1.165, 1.54) is 5.56 Å². The molecule has 23 heavy (non-hydrogen) atoms. The second-order valence-electron chi connectivity index (χ2n) is 6.26. The van der Waals surface area contributed by atoms with Crippen molar-refractivity contribution in [2.75, 3.05) is 20.6 Å². The van der Waals surface area contributed by atoms with Crippen LogP contribution in [-0.2, 0) is 6.54 Å². The van der Waals surface area contributed by atoms with Crippen molar-refractivity contribution in [3.8, 4) is 0 Å². The van der Waals surface area contributed by atoms with Gasteiger partial charge < -0.3 is 14.3 Å². The van der Waals surface area contributed by atoms with E-state index in [2.05, 4.69) is 15.0 Å². The molecule has 1 aromatic heterocycles. The van der Waals surface area contributed by atoms with Gasteiger partial charge in [0.1, 0.15) is 0 Å². The summed E-state index contributed by atoms with van der Waals surface area (Å²) in [6, 6.07) is 7.74. The van der Waals surface area contributed by atoms with E-state index in [0.29, 0.717) is 17.3 Å². The molecule has 6 nitrogen and oxygen atoms in total. The number of hydrogen-bond donors (Lipinski definition) is 0. The SMILES string of the molecule is Cc1nc([C@@H]2CCCN2C(=O)c2ccc(CN(C)C)cc2)no1. The fourth-order valence-corrected chi connectivity index (χ4v) is 3.01. The third-order valence-electron chi connectivity index (χ3n) is 4.05. The molecule has 2 aromatic rings. The quantitative estimate of drug-likeness (QED) is 0.867. The predicted molar refractivity (Wildman–Crippen MR) is 85.9 cm³/mol. The third kappa shape index (κ3) is 3.42. The molecule has 0 aliphatic carbocycles. The van der Waals surface area contributed by atoms with Crippen molar-refractivity contribution in [3.05, 3.63) is 47.1 Å². The van der Waals surface area contributed by atoms with Gasteiger partial charge in [-0.25, -0.2) is 0 Å². The number of rotatable bonds is 4. The molecule has 0 unspecified atom stereocenters. The molecule has 1 aliphatic heterocycles. The molecule has 0 saturated carbocycles. The lowest BCUT2D eigenvalue weighted by atomic mass is 10.1. The van der Waals surface area contributed by atoms with Gasteiger partial charge in [0.2, 0.25) is 5.89 Å². The maximum atomic E-state index is 12.8. The molecule has 0 N–H and O–H groups in total. The summed E-state index contributed by atoms with van der Waals surface area (Å²) in [5.74, 6) is 1.18. The van der Waals surface area contributed by atoms with Crippen molar-refractivity contribution >= 4 is 5.91 Å². The van der Waals surface area contributed by atoms with Gasteiger partial charge in [-0.15, -0.1) is 0 Å². The second-order valence-corrected chi connectivity index (χ2v) is 6.26. The van der Waals surface area contributed by atoms with Crippen molar-refractivity contribution in [2.45, 2.75) is 32.4 Å². The highest BCUT2D eigenvalue weighted by Crippen LogP contribution is 2.31. The third-order valence-corrected chi connectivity index (χ3v) is 4.05.